The molecule has 1 aliphatic rings. The van der Waals surface area contributed by atoms with Gasteiger partial charge in [-0.1, -0.05) is 23.7 Å². The Morgan fingerprint density at radius 1 is 1.26 bits per heavy atom. The van der Waals surface area contributed by atoms with Gasteiger partial charge >= 0.3 is 0 Å². The summed E-state index contributed by atoms with van der Waals surface area (Å²) in [5.41, 5.74) is 0.349. The second-order valence-corrected chi connectivity index (χ2v) is 4.51. The predicted molar refractivity (Wildman–Crippen MR) is 79.1 cm³/mol. The lowest BCUT2D eigenvalue weighted by Gasteiger charge is -2.33. The maximum absolute atomic E-state index is 13.9. The van der Waals surface area contributed by atoms with Gasteiger partial charge in [-0.15, -0.1) is 24.8 Å². The molecule has 1 aliphatic heterocycles. The summed E-state index contributed by atoms with van der Waals surface area (Å²) in [6.07, 6.45) is 0. The van der Waals surface area contributed by atoms with Gasteiger partial charge in [-0.3, -0.25) is 4.90 Å². The van der Waals surface area contributed by atoms with E-state index in [0.29, 0.717) is 5.56 Å². The van der Waals surface area contributed by atoms with Crippen LogP contribution in [-0.2, 0) is 0 Å². The zero-order valence-corrected chi connectivity index (χ0v) is 12.6. The summed E-state index contributed by atoms with van der Waals surface area (Å²) in [6.45, 7) is 2.45. The van der Waals surface area contributed by atoms with Crippen LogP contribution in [0.1, 0.15) is 11.6 Å². The number of hydrogen-bond acceptors (Lipinski definition) is 2. The molecule has 2 nitrogen and oxygen atoms in total. The molecule has 1 aromatic carbocycles. The number of nitrogens with zero attached hydrogens (tertiary/aromatic N) is 1. The van der Waals surface area contributed by atoms with Crippen LogP contribution in [0.25, 0.3) is 0 Å². The van der Waals surface area contributed by atoms with Crippen molar-refractivity contribution in [1.82, 2.24) is 10.2 Å². The molecule has 1 heterocycles. The summed E-state index contributed by atoms with van der Waals surface area (Å²) in [7, 11) is 0. The van der Waals surface area contributed by atoms with Crippen molar-refractivity contribution in [3.63, 3.8) is 0 Å². The van der Waals surface area contributed by atoms with E-state index in [1.165, 1.54) is 6.07 Å². The molecule has 1 N–H and O–H groups in total. The highest BCUT2D eigenvalue weighted by molar-refractivity contribution is 6.30. The average molecular weight is 334 g/mol. The normalized spacial score (nSPS) is 17.2. The Balaban J connectivity index is 0.00000162. The Morgan fingerprint density at radius 3 is 2.47 bits per heavy atom. The van der Waals surface area contributed by atoms with E-state index in [1.54, 1.807) is 12.1 Å². The maximum Gasteiger partial charge on any atom is 0.146 e. The number of alkyl halides is 1. The Kier molecular flexibility index (Phi) is 8.86. The van der Waals surface area contributed by atoms with E-state index in [-0.39, 0.29) is 29.8 Å². The Morgan fingerprint density at radius 2 is 1.89 bits per heavy atom. The zero-order valence-electron chi connectivity index (χ0n) is 10.2. The fourth-order valence-corrected chi connectivity index (χ4v) is 2.33. The Bertz CT molecular complexity index is 387. The summed E-state index contributed by atoms with van der Waals surface area (Å²) in [5, 5.41) is 3.24. The minimum atomic E-state index is -0.600. The third kappa shape index (κ3) is 4.43. The lowest BCUT2D eigenvalue weighted by molar-refractivity contribution is 0.144. The van der Waals surface area contributed by atoms with Crippen molar-refractivity contribution in [2.45, 2.75) is 6.04 Å². The van der Waals surface area contributed by atoms with Crippen molar-refractivity contribution in [3.05, 3.63) is 34.6 Å². The van der Waals surface area contributed by atoms with Gasteiger partial charge in [0.05, 0.1) is 11.1 Å². The van der Waals surface area contributed by atoms with Crippen LogP contribution in [0.15, 0.2) is 18.2 Å². The summed E-state index contributed by atoms with van der Waals surface area (Å²) in [5.74, 6) is -0.504. The van der Waals surface area contributed by atoms with Gasteiger partial charge in [0.2, 0.25) is 0 Å². The molecular weight excluding hydrogens is 317 g/mol. The molecule has 110 valence electrons. The molecule has 0 radical (unpaired) electrons. The number of benzene rings is 1. The lowest BCUT2D eigenvalue weighted by atomic mass is 10.0. The molecule has 1 fully saturated rings. The standard InChI is InChI=1S/C12H15ClF2N2.2ClH/c13-10-3-1-2-9(12(10)15)11(8-14)17-6-4-16-5-7-17;;/h1-3,11,16H,4-8H2;2*1H/t11-;;/m1../s1. The minimum absolute atomic E-state index is 0. The first-order chi connectivity index (χ1) is 8.24. The largest absolute Gasteiger partial charge is 0.314 e. The fraction of sp³-hybridized carbons (Fsp3) is 0.500. The third-order valence-electron chi connectivity index (χ3n) is 3.08. The first kappa shape index (κ1) is 18.9. The van der Waals surface area contributed by atoms with E-state index < -0.39 is 18.5 Å². The van der Waals surface area contributed by atoms with Gasteiger partial charge in [-0.05, 0) is 6.07 Å². The highest BCUT2D eigenvalue weighted by atomic mass is 35.5. The van der Waals surface area contributed by atoms with Gasteiger partial charge in [-0.25, -0.2) is 8.78 Å². The molecule has 1 atom stereocenters. The Labute approximate surface area is 129 Å². The van der Waals surface area contributed by atoms with Gasteiger partial charge in [0.25, 0.3) is 0 Å². The van der Waals surface area contributed by atoms with Crippen molar-refractivity contribution in [2.75, 3.05) is 32.9 Å². The second kappa shape index (κ2) is 8.93. The highest BCUT2D eigenvalue weighted by Crippen LogP contribution is 2.28. The van der Waals surface area contributed by atoms with Crippen LogP contribution in [-0.4, -0.2) is 37.8 Å². The van der Waals surface area contributed by atoms with Crippen LogP contribution in [0.2, 0.25) is 5.02 Å². The van der Waals surface area contributed by atoms with E-state index in [4.69, 9.17) is 11.6 Å². The molecule has 7 heteroatoms. The van der Waals surface area contributed by atoms with Gasteiger partial charge in [0.1, 0.15) is 12.5 Å². The van der Waals surface area contributed by atoms with Crippen LogP contribution >= 0.6 is 36.4 Å². The molecule has 2 rings (SSSR count). The summed E-state index contributed by atoms with van der Waals surface area (Å²) >= 11 is 5.73. The molecule has 1 aromatic rings. The molecule has 0 aliphatic carbocycles. The van der Waals surface area contributed by atoms with Gasteiger partial charge in [-0.2, -0.15) is 0 Å². The van der Waals surface area contributed by atoms with E-state index in [9.17, 15) is 8.78 Å². The van der Waals surface area contributed by atoms with Crippen molar-refractivity contribution < 1.29 is 8.78 Å². The van der Waals surface area contributed by atoms with E-state index in [0.717, 1.165) is 26.2 Å². The summed E-state index contributed by atoms with van der Waals surface area (Å²) in [6, 6.07) is 4.21. The van der Waals surface area contributed by atoms with Crippen molar-refractivity contribution >= 4 is 36.4 Å². The van der Waals surface area contributed by atoms with E-state index in [2.05, 4.69) is 5.32 Å². The Hall–Kier alpha value is -0.130. The summed E-state index contributed by atoms with van der Waals surface area (Å²) in [4.78, 5) is 1.95. The minimum Gasteiger partial charge on any atom is -0.314 e. The first-order valence-electron chi connectivity index (χ1n) is 5.68. The molecule has 0 spiro atoms. The molecule has 1 saturated heterocycles. The van der Waals surface area contributed by atoms with Gasteiger partial charge < -0.3 is 5.32 Å². The molecule has 0 aromatic heterocycles. The number of piperazine rings is 1. The zero-order chi connectivity index (χ0) is 12.3. The number of rotatable bonds is 3. The molecular formula is C12H17Cl3F2N2. The number of halogens is 5. The molecule has 0 saturated carbocycles. The maximum atomic E-state index is 13.9. The lowest BCUT2D eigenvalue weighted by Crippen LogP contribution is -2.45. The monoisotopic (exact) mass is 332 g/mol. The van der Waals surface area contributed by atoms with Crippen LogP contribution in [0, 0.1) is 5.82 Å². The topological polar surface area (TPSA) is 15.3 Å². The van der Waals surface area contributed by atoms with Gasteiger partial charge in [0.15, 0.2) is 0 Å². The van der Waals surface area contributed by atoms with Crippen molar-refractivity contribution in [3.8, 4) is 0 Å². The number of hydrogen-bond donors (Lipinski definition) is 1. The third-order valence-corrected chi connectivity index (χ3v) is 3.37. The fourth-order valence-electron chi connectivity index (χ4n) is 2.15. The second-order valence-electron chi connectivity index (χ2n) is 4.10. The van der Waals surface area contributed by atoms with Crippen molar-refractivity contribution in [1.29, 1.82) is 0 Å². The number of nitrogens with one attached hydrogen (secondary N) is 1. The van der Waals surface area contributed by atoms with Crippen LogP contribution < -0.4 is 5.32 Å². The average Bonchev–Trinajstić information content (AvgIpc) is 2.37. The highest BCUT2D eigenvalue weighted by Gasteiger charge is 2.25. The molecule has 0 unspecified atom stereocenters. The summed E-state index contributed by atoms with van der Waals surface area (Å²) < 4.78 is 27.0. The van der Waals surface area contributed by atoms with Crippen LogP contribution in [0.5, 0.6) is 0 Å². The first-order valence-corrected chi connectivity index (χ1v) is 6.06. The quantitative estimate of drug-likeness (QED) is 0.913. The van der Waals surface area contributed by atoms with Crippen LogP contribution in [0.4, 0.5) is 8.78 Å². The molecule has 19 heavy (non-hydrogen) atoms. The van der Waals surface area contributed by atoms with Crippen molar-refractivity contribution in [2.24, 2.45) is 0 Å². The van der Waals surface area contributed by atoms with Gasteiger partial charge in [0, 0.05) is 31.7 Å². The van der Waals surface area contributed by atoms with E-state index in [1.807, 2.05) is 4.90 Å². The van der Waals surface area contributed by atoms with Crippen LogP contribution in [0.3, 0.4) is 0 Å². The molecule has 0 amide bonds. The van der Waals surface area contributed by atoms with E-state index >= 15 is 0 Å². The predicted octanol–water partition coefficient (Wildman–Crippen LogP) is 3.24. The molecule has 0 bridgehead atoms. The SMILES string of the molecule is Cl.Cl.FC[C@H](c1cccc(Cl)c1F)N1CCNCC1. The smallest absolute Gasteiger partial charge is 0.146 e.